The minimum Gasteiger partial charge on any atom is -0.508 e. The first-order valence-corrected chi connectivity index (χ1v) is 13.3. The molecule has 0 aromatic heterocycles. The normalized spacial score (nSPS) is 39.4. The molecule has 3 aliphatic heterocycles. The second kappa shape index (κ2) is 13.5. The number of aromatic hydroxyl groups is 2. The van der Waals surface area contributed by atoms with Crippen LogP contribution in [0.4, 0.5) is 0 Å². The number of benzene rings is 1. The summed E-state index contributed by atoms with van der Waals surface area (Å²) in [7, 11) is 0. The number of Topliss-reactive ketones (excluding diaryl/α,β-unsaturated/α-hetero) is 1. The van der Waals surface area contributed by atoms with Crippen LogP contribution in [0.1, 0.15) is 12.5 Å². The van der Waals surface area contributed by atoms with Crippen LogP contribution < -0.4 is 0 Å². The maximum atomic E-state index is 13.5. The topological polar surface area (TPSA) is 266 Å². The molecule has 0 saturated carbocycles. The Kier molecular flexibility index (Phi) is 10.2. The van der Waals surface area contributed by atoms with Crippen LogP contribution in [-0.2, 0) is 28.5 Å². The van der Waals surface area contributed by atoms with Gasteiger partial charge in [-0.05, 0) is 31.2 Å². The number of allylic oxidation sites excluding steroid dienone is 3. The van der Waals surface area contributed by atoms with Crippen LogP contribution in [0.25, 0.3) is 5.76 Å². The highest BCUT2D eigenvalue weighted by molar-refractivity contribution is 6.12. The largest absolute Gasteiger partial charge is 0.508 e. The van der Waals surface area contributed by atoms with Crippen LogP contribution in [0.2, 0.25) is 0 Å². The number of ether oxygens (including phenoxy) is 5. The lowest BCUT2D eigenvalue weighted by Gasteiger charge is -2.42. The highest BCUT2D eigenvalue weighted by Crippen LogP contribution is 2.34. The third-order valence-corrected chi connectivity index (χ3v) is 7.17. The fraction of sp³-hybridized carbons (Fsp3) is 0.464. The smallest absolute Gasteiger partial charge is 0.234 e. The number of carbonyl (C=O) groups is 1. The van der Waals surface area contributed by atoms with Crippen LogP contribution in [0, 0.1) is 0 Å². The van der Waals surface area contributed by atoms with E-state index in [0.29, 0.717) is 0 Å². The molecule has 4 unspecified atom stereocenters. The van der Waals surface area contributed by atoms with Crippen molar-refractivity contribution in [2.75, 3.05) is 13.2 Å². The van der Waals surface area contributed by atoms with Gasteiger partial charge in [0, 0.05) is 11.6 Å². The molecule has 0 radical (unpaired) electrons. The van der Waals surface area contributed by atoms with Gasteiger partial charge >= 0.3 is 0 Å². The highest BCUT2D eigenvalue weighted by Gasteiger charge is 2.48. The van der Waals surface area contributed by atoms with Crippen LogP contribution in [-0.4, -0.2) is 131 Å². The zero-order chi connectivity index (χ0) is 32.5. The first kappa shape index (κ1) is 33.2. The molecule has 0 amide bonds. The van der Waals surface area contributed by atoms with Gasteiger partial charge in [-0.15, -0.1) is 0 Å². The van der Waals surface area contributed by atoms with Crippen LogP contribution >= 0.6 is 0 Å². The monoisotopic (exact) mass is 626 g/mol. The molecule has 44 heavy (non-hydrogen) atoms. The van der Waals surface area contributed by atoms with Crippen molar-refractivity contribution in [3.63, 3.8) is 0 Å². The summed E-state index contributed by atoms with van der Waals surface area (Å²) in [6.07, 6.45) is -14.4. The van der Waals surface area contributed by atoms with E-state index in [0.717, 1.165) is 24.3 Å². The second-order valence-corrected chi connectivity index (χ2v) is 10.3. The molecule has 16 heteroatoms. The van der Waals surface area contributed by atoms with Crippen molar-refractivity contribution in [3.05, 3.63) is 65.3 Å². The standard InChI is InChI=1S/C28H34O16/c1-10-15(31)8-13(29)5-6-40-25(12-3-4-14(30)16(32)7-12)26(18(10)33)44-28-24(39)22(37)20(35)17(43-28)9-41-27-23(38)21(36)19(34)11(2)42-27/h3-5,7-8,11,17,19-24,27-32,34-39H,1,6,9H2,2H3/b13-5+,15-8+,26-25+/t11?,17?,19-,20+,21?,22?,23-,24-,27+,28-/m0/s1. The molecule has 3 heterocycles. The summed E-state index contributed by atoms with van der Waals surface area (Å²) >= 11 is 0. The van der Waals surface area contributed by atoms with Crippen molar-refractivity contribution in [2.24, 2.45) is 0 Å². The van der Waals surface area contributed by atoms with Crippen LogP contribution in [0.5, 0.6) is 11.5 Å². The maximum Gasteiger partial charge on any atom is 0.234 e. The summed E-state index contributed by atoms with van der Waals surface area (Å²) in [5, 5.41) is 102. The van der Waals surface area contributed by atoms with Crippen molar-refractivity contribution in [1.29, 1.82) is 0 Å². The second-order valence-electron chi connectivity index (χ2n) is 10.3. The number of phenolic OH excluding ortho intramolecular Hbond substituents is 2. The fourth-order valence-electron chi connectivity index (χ4n) is 4.51. The third kappa shape index (κ3) is 6.83. The summed E-state index contributed by atoms with van der Waals surface area (Å²) in [5.74, 6) is -4.73. The summed E-state index contributed by atoms with van der Waals surface area (Å²) in [5.41, 5.74) is -0.674. The molecule has 1 aromatic rings. The Hall–Kier alpha value is -3.71. The number of carbonyl (C=O) groups excluding carboxylic acids is 1. The molecule has 0 spiro atoms. The fourth-order valence-corrected chi connectivity index (χ4v) is 4.51. The van der Waals surface area contributed by atoms with E-state index in [4.69, 9.17) is 23.7 Å². The number of rotatable bonds is 6. The Balaban J connectivity index is 1.67. The molecule has 0 bridgehead atoms. The molecule has 2 saturated heterocycles. The van der Waals surface area contributed by atoms with Gasteiger partial charge in [-0.2, -0.15) is 0 Å². The molecule has 242 valence electrons. The van der Waals surface area contributed by atoms with Gasteiger partial charge in [-0.3, -0.25) is 4.79 Å². The maximum absolute atomic E-state index is 13.5. The average molecular weight is 627 g/mol. The van der Waals surface area contributed by atoms with E-state index in [1.165, 1.54) is 13.0 Å². The van der Waals surface area contributed by atoms with E-state index in [1.807, 2.05) is 0 Å². The van der Waals surface area contributed by atoms with E-state index >= 15 is 0 Å². The SMILES string of the molecule is C=C1C(=O)/C(O[C@@H]2OC(CO[C@@H]3OC(C)[C@H](O)C(O)[C@@H]3O)[C@@H](O)C(O)[C@@H]2O)=C(/c2ccc(O)c(O)c2)OC/C=C(O)\C=C/1O. The Bertz CT molecular complexity index is 1340. The summed E-state index contributed by atoms with van der Waals surface area (Å²) in [6.45, 7) is 3.88. The first-order valence-electron chi connectivity index (χ1n) is 13.3. The number of hydrogen-bond acceptors (Lipinski definition) is 16. The molecule has 3 aliphatic rings. The molecular formula is C28H34O16. The Morgan fingerprint density at radius 1 is 0.864 bits per heavy atom. The molecule has 4 rings (SSSR count). The van der Waals surface area contributed by atoms with E-state index in [2.05, 4.69) is 6.58 Å². The van der Waals surface area contributed by atoms with Gasteiger partial charge in [-0.1, -0.05) is 6.58 Å². The van der Waals surface area contributed by atoms with Crippen LogP contribution in [0.15, 0.2) is 59.8 Å². The lowest BCUT2D eigenvalue weighted by molar-refractivity contribution is -0.323. The quantitative estimate of drug-likeness (QED) is 0.127. The van der Waals surface area contributed by atoms with E-state index in [-0.39, 0.29) is 5.56 Å². The van der Waals surface area contributed by atoms with E-state index < -0.39 is 121 Å². The highest BCUT2D eigenvalue weighted by atomic mass is 16.7. The van der Waals surface area contributed by atoms with E-state index in [1.54, 1.807) is 0 Å². The Labute approximate surface area is 249 Å². The molecule has 0 aliphatic carbocycles. The summed E-state index contributed by atoms with van der Waals surface area (Å²) in [4.78, 5) is 13.5. The average Bonchev–Trinajstić information content (AvgIpc) is 2.99. The lowest BCUT2D eigenvalue weighted by Crippen LogP contribution is -2.61. The van der Waals surface area contributed by atoms with E-state index in [9.17, 15) is 55.9 Å². The Morgan fingerprint density at radius 3 is 2.20 bits per heavy atom. The van der Waals surface area contributed by atoms with Gasteiger partial charge in [-0.25, -0.2) is 0 Å². The predicted molar refractivity (Wildman–Crippen MR) is 144 cm³/mol. The molecule has 10 atom stereocenters. The van der Waals surface area contributed by atoms with Gasteiger partial charge in [0.15, 0.2) is 23.5 Å². The van der Waals surface area contributed by atoms with Crippen molar-refractivity contribution >= 4 is 11.5 Å². The minimum absolute atomic E-state index is 0.0579. The summed E-state index contributed by atoms with van der Waals surface area (Å²) < 4.78 is 27.8. The van der Waals surface area contributed by atoms with Gasteiger partial charge in [0.1, 0.15) is 60.9 Å². The number of hydrogen-bond donors (Lipinski definition) is 10. The molecular weight excluding hydrogens is 592 g/mol. The number of ketones is 1. The van der Waals surface area contributed by atoms with Crippen molar-refractivity contribution in [1.82, 2.24) is 0 Å². The zero-order valence-corrected chi connectivity index (χ0v) is 23.2. The predicted octanol–water partition coefficient (Wildman–Crippen LogP) is -1.53. The minimum atomic E-state index is -2.00. The van der Waals surface area contributed by atoms with Gasteiger partial charge in [0.05, 0.1) is 18.3 Å². The number of aliphatic hydroxyl groups excluding tert-OH is 8. The molecule has 16 nitrogen and oxygen atoms in total. The first-order chi connectivity index (χ1) is 20.7. The van der Waals surface area contributed by atoms with Crippen molar-refractivity contribution < 1.29 is 79.5 Å². The van der Waals surface area contributed by atoms with Gasteiger partial charge in [0.25, 0.3) is 0 Å². The number of aliphatic hydroxyl groups is 8. The summed E-state index contributed by atoms with van der Waals surface area (Å²) in [6, 6.07) is 3.30. The van der Waals surface area contributed by atoms with Crippen molar-refractivity contribution in [3.8, 4) is 11.5 Å². The molecule has 1 aromatic carbocycles. The number of phenols is 2. The lowest BCUT2D eigenvalue weighted by atomic mass is 9.98. The molecule has 10 N–H and O–H groups in total. The van der Waals surface area contributed by atoms with Crippen molar-refractivity contribution in [2.45, 2.75) is 68.3 Å². The van der Waals surface area contributed by atoms with Crippen LogP contribution in [0.3, 0.4) is 0 Å². The zero-order valence-electron chi connectivity index (χ0n) is 23.2. The van der Waals surface area contributed by atoms with Gasteiger partial charge in [0.2, 0.25) is 17.8 Å². The van der Waals surface area contributed by atoms with Gasteiger partial charge < -0.3 is 74.7 Å². The molecule has 2 fully saturated rings. The Morgan fingerprint density at radius 2 is 1.52 bits per heavy atom. The third-order valence-electron chi connectivity index (χ3n) is 7.17.